The first-order valence-corrected chi connectivity index (χ1v) is 7.01. The maximum Gasteiger partial charge on any atom is 0.157 e. The Kier molecular flexibility index (Phi) is 4.88. The van der Waals surface area contributed by atoms with Crippen LogP contribution in [0.2, 0.25) is 5.15 Å². The van der Waals surface area contributed by atoms with Gasteiger partial charge in [-0.1, -0.05) is 11.6 Å². The molecule has 0 aliphatic carbocycles. The van der Waals surface area contributed by atoms with Gasteiger partial charge in [0, 0.05) is 5.39 Å². The van der Waals surface area contributed by atoms with Crippen LogP contribution in [0.25, 0.3) is 10.2 Å². The van der Waals surface area contributed by atoms with Crippen LogP contribution in [0.4, 0.5) is 0 Å². The fourth-order valence-electron chi connectivity index (χ4n) is 1.43. The van der Waals surface area contributed by atoms with Crippen LogP contribution in [0.3, 0.4) is 0 Å². The smallest absolute Gasteiger partial charge is 0.157 e. The predicted octanol–water partition coefficient (Wildman–Crippen LogP) is 3.29. The van der Waals surface area contributed by atoms with Gasteiger partial charge in [0.2, 0.25) is 0 Å². The second-order valence-corrected chi connectivity index (χ2v) is 5.29. The van der Waals surface area contributed by atoms with Crippen molar-refractivity contribution in [1.82, 2.24) is 9.97 Å². The summed E-state index contributed by atoms with van der Waals surface area (Å²) >= 11 is 7.61. The number of halogens is 1. The SMILES string of the molecule is CC(C)OCCOCc1nc(Cl)c2ccsc2n1. The van der Waals surface area contributed by atoms with Crippen LogP contribution < -0.4 is 0 Å². The second kappa shape index (κ2) is 6.43. The number of hydrogen-bond donors (Lipinski definition) is 0. The van der Waals surface area contributed by atoms with Crippen LogP contribution in [0.15, 0.2) is 11.4 Å². The molecular formula is C12H15ClN2O2S. The summed E-state index contributed by atoms with van der Waals surface area (Å²) in [5.41, 5.74) is 0. The monoisotopic (exact) mass is 286 g/mol. The third kappa shape index (κ3) is 3.62. The zero-order chi connectivity index (χ0) is 13.0. The predicted molar refractivity (Wildman–Crippen MR) is 73.2 cm³/mol. The summed E-state index contributed by atoms with van der Waals surface area (Å²) in [6.45, 7) is 5.45. The van der Waals surface area contributed by atoms with Gasteiger partial charge in [-0.2, -0.15) is 0 Å². The van der Waals surface area contributed by atoms with Gasteiger partial charge >= 0.3 is 0 Å². The molecule has 4 nitrogen and oxygen atoms in total. The Balaban J connectivity index is 1.88. The summed E-state index contributed by atoms with van der Waals surface area (Å²) in [6, 6.07) is 1.92. The van der Waals surface area contributed by atoms with Crippen LogP contribution in [0.1, 0.15) is 19.7 Å². The molecule has 0 saturated carbocycles. The quantitative estimate of drug-likeness (QED) is 0.604. The van der Waals surface area contributed by atoms with Crippen LogP contribution in [0.5, 0.6) is 0 Å². The average Bonchev–Trinajstić information content (AvgIpc) is 2.77. The molecule has 0 spiro atoms. The summed E-state index contributed by atoms with van der Waals surface area (Å²) in [6.07, 6.45) is 0.224. The number of ether oxygens (including phenoxy) is 2. The van der Waals surface area contributed by atoms with Gasteiger partial charge in [-0.3, -0.25) is 0 Å². The number of hydrogen-bond acceptors (Lipinski definition) is 5. The molecule has 2 rings (SSSR count). The highest BCUT2D eigenvalue weighted by molar-refractivity contribution is 7.16. The first-order chi connectivity index (χ1) is 8.66. The average molecular weight is 287 g/mol. The molecule has 0 aliphatic heterocycles. The van der Waals surface area contributed by atoms with Gasteiger partial charge in [-0.05, 0) is 25.3 Å². The Bertz CT molecular complexity index is 516. The van der Waals surface area contributed by atoms with Gasteiger partial charge in [-0.15, -0.1) is 11.3 Å². The lowest BCUT2D eigenvalue weighted by atomic mass is 10.4. The fourth-order valence-corrected chi connectivity index (χ4v) is 2.52. The molecule has 2 aromatic rings. The number of aromatic nitrogens is 2. The molecule has 0 fully saturated rings. The van der Waals surface area contributed by atoms with Gasteiger partial charge in [0.15, 0.2) is 5.82 Å². The summed E-state index contributed by atoms with van der Waals surface area (Å²) in [5.74, 6) is 0.611. The van der Waals surface area contributed by atoms with E-state index in [4.69, 9.17) is 21.1 Å². The van der Waals surface area contributed by atoms with Crippen LogP contribution >= 0.6 is 22.9 Å². The molecule has 0 amide bonds. The third-order valence-corrected chi connectivity index (χ3v) is 3.33. The number of thiophene rings is 1. The van der Waals surface area contributed by atoms with Crippen molar-refractivity contribution in [3.63, 3.8) is 0 Å². The van der Waals surface area contributed by atoms with Gasteiger partial charge in [0.25, 0.3) is 0 Å². The van der Waals surface area contributed by atoms with E-state index in [1.165, 1.54) is 0 Å². The second-order valence-electron chi connectivity index (χ2n) is 4.04. The van der Waals surface area contributed by atoms with Crippen molar-refractivity contribution in [2.24, 2.45) is 0 Å². The Morgan fingerprint density at radius 2 is 2.17 bits per heavy atom. The van der Waals surface area contributed by atoms with E-state index >= 15 is 0 Å². The van der Waals surface area contributed by atoms with Gasteiger partial charge in [0.1, 0.15) is 16.6 Å². The topological polar surface area (TPSA) is 44.2 Å². The minimum Gasteiger partial charge on any atom is -0.376 e. The lowest BCUT2D eigenvalue weighted by Gasteiger charge is -2.07. The normalized spacial score (nSPS) is 11.6. The molecular weight excluding hydrogens is 272 g/mol. The van der Waals surface area contributed by atoms with Crippen molar-refractivity contribution in [3.8, 4) is 0 Å². The van der Waals surface area contributed by atoms with E-state index in [2.05, 4.69) is 9.97 Å². The first kappa shape index (κ1) is 13.7. The Morgan fingerprint density at radius 3 is 2.94 bits per heavy atom. The third-order valence-electron chi connectivity index (χ3n) is 2.23. The first-order valence-electron chi connectivity index (χ1n) is 5.76. The summed E-state index contributed by atoms with van der Waals surface area (Å²) in [5, 5.41) is 3.33. The highest BCUT2D eigenvalue weighted by Gasteiger charge is 2.07. The van der Waals surface area contributed by atoms with Crippen LogP contribution in [-0.4, -0.2) is 29.3 Å². The largest absolute Gasteiger partial charge is 0.376 e. The lowest BCUT2D eigenvalue weighted by Crippen LogP contribution is -2.10. The lowest BCUT2D eigenvalue weighted by molar-refractivity contribution is 0.0128. The van der Waals surface area contributed by atoms with Crippen molar-refractivity contribution >= 4 is 33.2 Å². The standard InChI is InChI=1S/C12H15ClN2O2S/c1-8(2)17-5-4-16-7-10-14-11(13)9-3-6-18-12(9)15-10/h3,6,8H,4-5,7H2,1-2H3. The minimum atomic E-state index is 0.224. The zero-order valence-electron chi connectivity index (χ0n) is 10.4. The molecule has 98 valence electrons. The van der Waals surface area contributed by atoms with Crippen molar-refractivity contribution in [3.05, 3.63) is 22.4 Å². The van der Waals surface area contributed by atoms with Crippen molar-refractivity contribution in [2.45, 2.75) is 26.6 Å². The van der Waals surface area contributed by atoms with E-state index in [1.54, 1.807) is 11.3 Å². The highest BCUT2D eigenvalue weighted by atomic mass is 35.5. The Morgan fingerprint density at radius 1 is 1.33 bits per heavy atom. The highest BCUT2D eigenvalue weighted by Crippen LogP contribution is 2.24. The van der Waals surface area contributed by atoms with Crippen molar-refractivity contribution in [2.75, 3.05) is 13.2 Å². The van der Waals surface area contributed by atoms with E-state index < -0.39 is 0 Å². The van der Waals surface area contributed by atoms with E-state index in [-0.39, 0.29) is 6.10 Å². The number of rotatable bonds is 6. The molecule has 0 aromatic carbocycles. The molecule has 0 radical (unpaired) electrons. The molecule has 0 bridgehead atoms. The molecule has 18 heavy (non-hydrogen) atoms. The Labute approximate surface area is 115 Å². The molecule has 6 heteroatoms. The zero-order valence-corrected chi connectivity index (χ0v) is 11.9. The number of fused-ring (bicyclic) bond motifs is 1. The molecule has 0 atom stereocenters. The fraction of sp³-hybridized carbons (Fsp3) is 0.500. The van der Waals surface area contributed by atoms with Crippen LogP contribution in [0, 0.1) is 0 Å². The molecule has 2 heterocycles. The molecule has 0 aliphatic rings. The maximum atomic E-state index is 6.06. The molecule has 0 unspecified atom stereocenters. The molecule has 0 N–H and O–H groups in total. The minimum absolute atomic E-state index is 0.224. The van der Waals surface area contributed by atoms with E-state index in [9.17, 15) is 0 Å². The van der Waals surface area contributed by atoms with E-state index in [0.717, 1.165) is 10.2 Å². The Hall–Kier alpha value is -0.750. The van der Waals surface area contributed by atoms with Gasteiger partial charge < -0.3 is 9.47 Å². The van der Waals surface area contributed by atoms with E-state index in [1.807, 2.05) is 25.3 Å². The summed E-state index contributed by atoms with van der Waals surface area (Å²) < 4.78 is 10.8. The number of nitrogens with zero attached hydrogens (tertiary/aromatic N) is 2. The maximum absolute atomic E-state index is 6.06. The van der Waals surface area contributed by atoms with Crippen molar-refractivity contribution in [1.29, 1.82) is 0 Å². The van der Waals surface area contributed by atoms with Gasteiger partial charge in [0.05, 0.1) is 19.3 Å². The molecule has 0 saturated heterocycles. The van der Waals surface area contributed by atoms with Gasteiger partial charge in [-0.25, -0.2) is 9.97 Å². The van der Waals surface area contributed by atoms with E-state index in [0.29, 0.717) is 30.8 Å². The molecule has 2 aromatic heterocycles. The summed E-state index contributed by atoms with van der Waals surface area (Å²) in [7, 11) is 0. The summed E-state index contributed by atoms with van der Waals surface area (Å²) in [4.78, 5) is 9.48. The van der Waals surface area contributed by atoms with Crippen LogP contribution in [-0.2, 0) is 16.1 Å². The van der Waals surface area contributed by atoms with Crippen molar-refractivity contribution < 1.29 is 9.47 Å².